The predicted molar refractivity (Wildman–Crippen MR) is 66.6 cm³/mol. The summed E-state index contributed by atoms with van der Waals surface area (Å²) in [5, 5.41) is 3.17. The van der Waals surface area contributed by atoms with Gasteiger partial charge in [-0.1, -0.05) is 0 Å². The lowest BCUT2D eigenvalue weighted by atomic mass is 10.4. The van der Waals surface area contributed by atoms with Gasteiger partial charge in [-0.3, -0.25) is 0 Å². The van der Waals surface area contributed by atoms with E-state index in [0.717, 1.165) is 11.6 Å². The molecular formula is C12H20N2O3. The zero-order chi connectivity index (χ0) is 12.3. The Bertz CT molecular complexity index is 308. The number of rotatable bonds is 9. The van der Waals surface area contributed by atoms with E-state index in [9.17, 15) is 0 Å². The van der Waals surface area contributed by atoms with Crippen LogP contribution in [0, 0.1) is 0 Å². The van der Waals surface area contributed by atoms with Gasteiger partial charge in [0.25, 0.3) is 0 Å². The molecule has 0 amide bonds. The Kier molecular flexibility index (Phi) is 7.09. The van der Waals surface area contributed by atoms with Crippen molar-refractivity contribution in [1.82, 2.24) is 4.98 Å². The molecule has 1 N–H and O–H groups in total. The largest absolute Gasteiger partial charge is 0.490 e. The molecule has 1 aromatic heterocycles. The standard InChI is InChI=1S/C12H20N2O3/c1-3-17-11-5-4-6-13-12(11)14-7-8-16-10-9-15-2/h4-6H,3,7-10H2,1-2H3,(H,13,14). The number of anilines is 1. The Labute approximate surface area is 102 Å². The van der Waals surface area contributed by atoms with Crippen LogP contribution in [0.4, 0.5) is 5.82 Å². The van der Waals surface area contributed by atoms with Crippen LogP contribution in [0.3, 0.4) is 0 Å². The summed E-state index contributed by atoms with van der Waals surface area (Å²) in [6.45, 7) is 5.12. The Hall–Kier alpha value is -1.33. The highest BCUT2D eigenvalue weighted by Crippen LogP contribution is 2.20. The first-order valence-corrected chi connectivity index (χ1v) is 5.76. The second-order valence-corrected chi connectivity index (χ2v) is 3.32. The van der Waals surface area contributed by atoms with Crippen molar-refractivity contribution in [1.29, 1.82) is 0 Å². The topological polar surface area (TPSA) is 52.6 Å². The van der Waals surface area contributed by atoms with Gasteiger partial charge in [-0.25, -0.2) is 4.98 Å². The predicted octanol–water partition coefficient (Wildman–Crippen LogP) is 1.56. The highest BCUT2D eigenvalue weighted by atomic mass is 16.5. The zero-order valence-electron chi connectivity index (χ0n) is 10.4. The molecule has 0 atom stereocenters. The molecule has 17 heavy (non-hydrogen) atoms. The fourth-order valence-electron chi connectivity index (χ4n) is 1.28. The summed E-state index contributed by atoms with van der Waals surface area (Å²) < 4.78 is 15.7. The van der Waals surface area contributed by atoms with Gasteiger partial charge in [0.05, 0.1) is 26.4 Å². The second kappa shape index (κ2) is 8.78. The third-order valence-electron chi connectivity index (χ3n) is 2.04. The van der Waals surface area contributed by atoms with Crippen molar-refractivity contribution in [2.24, 2.45) is 0 Å². The summed E-state index contributed by atoms with van der Waals surface area (Å²) in [6, 6.07) is 3.75. The SMILES string of the molecule is CCOc1cccnc1NCCOCCOC. The number of pyridine rings is 1. The van der Waals surface area contributed by atoms with Crippen molar-refractivity contribution in [2.45, 2.75) is 6.92 Å². The van der Waals surface area contributed by atoms with E-state index in [-0.39, 0.29) is 0 Å². The van der Waals surface area contributed by atoms with E-state index in [1.165, 1.54) is 0 Å². The molecule has 5 nitrogen and oxygen atoms in total. The average Bonchev–Trinajstić information content (AvgIpc) is 2.36. The molecule has 0 unspecified atom stereocenters. The molecule has 0 radical (unpaired) electrons. The summed E-state index contributed by atoms with van der Waals surface area (Å²) in [7, 11) is 1.66. The van der Waals surface area contributed by atoms with Gasteiger partial charge in [0.2, 0.25) is 0 Å². The van der Waals surface area contributed by atoms with Crippen molar-refractivity contribution < 1.29 is 14.2 Å². The van der Waals surface area contributed by atoms with Crippen LogP contribution in [0.1, 0.15) is 6.92 Å². The first-order valence-electron chi connectivity index (χ1n) is 5.76. The maximum atomic E-state index is 5.45. The number of hydrogen-bond acceptors (Lipinski definition) is 5. The third kappa shape index (κ3) is 5.51. The van der Waals surface area contributed by atoms with Gasteiger partial charge in [-0.15, -0.1) is 0 Å². The van der Waals surface area contributed by atoms with Crippen molar-refractivity contribution in [3.63, 3.8) is 0 Å². The van der Waals surface area contributed by atoms with Crippen LogP contribution >= 0.6 is 0 Å². The summed E-state index contributed by atoms with van der Waals surface area (Å²) >= 11 is 0. The van der Waals surface area contributed by atoms with Crippen LogP contribution in [-0.2, 0) is 9.47 Å². The second-order valence-electron chi connectivity index (χ2n) is 3.32. The van der Waals surface area contributed by atoms with Gasteiger partial charge in [0.15, 0.2) is 11.6 Å². The average molecular weight is 240 g/mol. The molecule has 1 rings (SSSR count). The molecule has 1 heterocycles. The number of ether oxygens (including phenoxy) is 3. The molecule has 0 bridgehead atoms. The lowest BCUT2D eigenvalue weighted by molar-refractivity contribution is 0.0759. The maximum absolute atomic E-state index is 5.45. The van der Waals surface area contributed by atoms with Crippen molar-refractivity contribution in [2.75, 3.05) is 45.4 Å². The van der Waals surface area contributed by atoms with E-state index in [4.69, 9.17) is 14.2 Å². The first kappa shape index (κ1) is 13.7. The molecule has 0 aliphatic heterocycles. The molecular weight excluding hydrogens is 220 g/mol. The number of nitrogens with one attached hydrogen (secondary N) is 1. The molecule has 0 aliphatic rings. The number of hydrogen-bond donors (Lipinski definition) is 1. The minimum absolute atomic E-state index is 0.610. The van der Waals surface area contributed by atoms with Crippen molar-refractivity contribution >= 4 is 5.82 Å². The summed E-state index contributed by atoms with van der Waals surface area (Å²) in [4.78, 5) is 4.21. The fourth-order valence-corrected chi connectivity index (χ4v) is 1.28. The maximum Gasteiger partial charge on any atom is 0.168 e. The molecule has 5 heteroatoms. The van der Waals surface area contributed by atoms with E-state index in [0.29, 0.717) is 33.0 Å². The molecule has 1 aromatic rings. The van der Waals surface area contributed by atoms with Crippen molar-refractivity contribution in [3.05, 3.63) is 18.3 Å². The Balaban J connectivity index is 2.25. The molecule has 0 saturated carbocycles. The van der Waals surface area contributed by atoms with Gasteiger partial charge in [0.1, 0.15) is 0 Å². The molecule has 0 aromatic carbocycles. The number of methoxy groups -OCH3 is 1. The van der Waals surface area contributed by atoms with Crippen LogP contribution in [0.15, 0.2) is 18.3 Å². The van der Waals surface area contributed by atoms with Crippen LogP contribution in [0.5, 0.6) is 5.75 Å². The normalized spacial score (nSPS) is 10.2. The van der Waals surface area contributed by atoms with E-state index in [1.807, 2.05) is 19.1 Å². The van der Waals surface area contributed by atoms with E-state index in [2.05, 4.69) is 10.3 Å². The van der Waals surface area contributed by atoms with E-state index < -0.39 is 0 Å². The first-order chi connectivity index (χ1) is 8.38. The highest BCUT2D eigenvalue weighted by Gasteiger charge is 2.02. The summed E-state index contributed by atoms with van der Waals surface area (Å²) in [5.41, 5.74) is 0. The van der Waals surface area contributed by atoms with E-state index >= 15 is 0 Å². The van der Waals surface area contributed by atoms with Gasteiger partial charge in [-0.2, -0.15) is 0 Å². The summed E-state index contributed by atoms with van der Waals surface area (Å²) in [6.07, 6.45) is 1.73. The van der Waals surface area contributed by atoms with Crippen LogP contribution in [0.2, 0.25) is 0 Å². The molecule has 0 spiro atoms. The lowest BCUT2D eigenvalue weighted by Gasteiger charge is -2.10. The fraction of sp³-hybridized carbons (Fsp3) is 0.583. The third-order valence-corrected chi connectivity index (χ3v) is 2.04. The van der Waals surface area contributed by atoms with Crippen LogP contribution < -0.4 is 10.1 Å². The molecule has 96 valence electrons. The zero-order valence-corrected chi connectivity index (χ0v) is 10.4. The van der Waals surface area contributed by atoms with Crippen LogP contribution in [0.25, 0.3) is 0 Å². The summed E-state index contributed by atoms with van der Waals surface area (Å²) in [5.74, 6) is 1.52. The lowest BCUT2D eigenvalue weighted by Crippen LogP contribution is -2.13. The van der Waals surface area contributed by atoms with Crippen molar-refractivity contribution in [3.8, 4) is 5.75 Å². The monoisotopic (exact) mass is 240 g/mol. The molecule has 0 saturated heterocycles. The smallest absolute Gasteiger partial charge is 0.168 e. The Morgan fingerprint density at radius 1 is 1.29 bits per heavy atom. The Morgan fingerprint density at radius 2 is 2.18 bits per heavy atom. The minimum Gasteiger partial charge on any atom is -0.490 e. The minimum atomic E-state index is 0.610. The number of nitrogens with zero attached hydrogens (tertiary/aromatic N) is 1. The van der Waals surface area contributed by atoms with Gasteiger partial charge < -0.3 is 19.5 Å². The van der Waals surface area contributed by atoms with Gasteiger partial charge in [0, 0.05) is 19.9 Å². The highest BCUT2D eigenvalue weighted by molar-refractivity contribution is 5.49. The van der Waals surface area contributed by atoms with Crippen LogP contribution in [-0.4, -0.2) is 45.1 Å². The van der Waals surface area contributed by atoms with Gasteiger partial charge >= 0.3 is 0 Å². The molecule has 0 aliphatic carbocycles. The van der Waals surface area contributed by atoms with Gasteiger partial charge in [-0.05, 0) is 19.1 Å². The molecule has 0 fully saturated rings. The Morgan fingerprint density at radius 3 is 2.94 bits per heavy atom. The quantitative estimate of drug-likeness (QED) is 0.664. The number of aromatic nitrogens is 1. The van der Waals surface area contributed by atoms with E-state index in [1.54, 1.807) is 13.3 Å².